The SMILES string of the molecule is CCCCC(NC(=O)C(CCC)n1cccc(C)c1=O)C(=O)O. The Bertz CT molecular complexity index is 595. The molecule has 2 N–H and O–H groups in total. The number of rotatable bonds is 9. The molecule has 1 heterocycles. The highest BCUT2D eigenvalue weighted by molar-refractivity contribution is 5.85. The third kappa shape index (κ3) is 5.23. The van der Waals surface area contributed by atoms with Gasteiger partial charge in [0.1, 0.15) is 12.1 Å². The lowest BCUT2D eigenvalue weighted by atomic mass is 10.1. The summed E-state index contributed by atoms with van der Waals surface area (Å²) in [5.41, 5.74) is 0.337. The summed E-state index contributed by atoms with van der Waals surface area (Å²) in [5.74, 6) is -1.46. The molecule has 1 amide bonds. The smallest absolute Gasteiger partial charge is 0.326 e. The Kier molecular flexibility index (Phi) is 7.51. The lowest BCUT2D eigenvalue weighted by Gasteiger charge is -2.22. The predicted octanol–water partition coefficient (Wildman–Crippen LogP) is 2.26. The normalized spacial score (nSPS) is 13.3. The Balaban J connectivity index is 3.00. The zero-order valence-corrected chi connectivity index (χ0v) is 14.0. The van der Waals surface area contributed by atoms with Gasteiger partial charge in [-0.15, -0.1) is 0 Å². The first-order valence-corrected chi connectivity index (χ1v) is 8.13. The molecule has 2 atom stereocenters. The van der Waals surface area contributed by atoms with Crippen LogP contribution in [0, 0.1) is 6.92 Å². The van der Waals surface area contributed by atoms with Crippen molar-refractivity contribution < 1.29 is 14.7 Å². The van der Waals surface area contributed by atoms with Gasteiger partial charge in [0.25, 0.3) is 5.56 Å². The first-order chi connectivity index (χ1) is 10.9. The fourth-order valence-corrected chi connectivity index (χ4v) is 2.47. The van der Waals surface area contributed by atoms with E-state index in [1.807, 2.05) is 13.8 Å². The summed E-state index contributed by atoms with van der Waals surface area (Å²) in [6.07, 6.45) is 4.74. The second-order valence-electron chi connectivity index (χ2n) is 5.75. The summed E-state index contributed by atoms with van der Waals surface area (Å²) >= 11 is 0. The van der Waals surface area contributed by atoms with Crippen LogP contribution in [0.4, 0.5) is 0 Å². The van der Waals surface area contributed by atoms with Crippen molar-refractivity contribution in [3.05, 3.63) is 34.2 Å². The minimum atomic E-state index is -1.04. The van der Waals surface area contributed by atoms with Gasteiger partial charge < -0.3 is 15.0 Å². The molecule has 0 fully saturated rings. The lowest BCUT2D eigenvalue weighted by Crippen LogP contribution is -2.45. The number of aromatic nitrogens is 1. The Labute approximate surface area is 136 Å². The van der Waals surface area contributed by atoms with Gasteiger partial charge in [-0.1, -0.05) is 39.2 Å². The van der Waals surface area contributed by atoms with Crippen LogP contribution >= 0.6 is 0 Å². The van der Waals surface area contributed by atoms with Crippen LogP contribution in [0.5, 0.6) is 0 Å². The van der Waals surface area contributed by atoms with Crippen molar-refractivity contribution in [3.8, 4) is 0 Å². The van der Waals surface area contributed by atoms with Crippen molar-refractivity contribution >= 4 is 11.9 Å². The number of amides is 1. The number of aryl methyl sites for hydroxylation is 1. The number of unbranched alkanes of at least 4 members (excludes halogenated alkanes) is 1. The van der Waals surface area contributed by atoms with Gasteiger partial charge in [0.15, 0.2) is 0 Å². The predicted molar refractivity (Wildman–Crippen MR) is 88.5 cm³/mol. The second-order valence-corrected chi connectivity index (χ2v) is 5.75. The largest absolute Gasteiger partial charge is 0.480 e. The van der Waals surface area contributed by atoms with E-state index in [2.05, 4.69) is 5.32 Å². The quantitative estimate of drug-likeness (QED) is 0.730. The monoisotopic (exact) mass is 322 g/mol. The van der Waals surface area contributed by atoms with Gasteiger partial charge in [0.2, 0.25) is 5.91 Å². The van der Waals surface area contributed by atoms with Gasteiger partial charge in [-0.25, -0.2) is 4.79 Å². The molecule has 23 heavy (non-hydrogen) atoms. The van der Waals surface area contributed by atoms with Gasteiger partial charge in [0, 0.05) is 11.8 Å². The van der Waals surface area contributed by atoms with Crippen molar-refractivity contribution in [2.24, 2.45) is 0 Å². The van der Waals surface area contributed by atoms with Crippen molar-refractivity contribution in [2.75, 3.05) is 0 Å². The van der Waals surface area contributed by atoms with Crippen molar-refractivity contribution in [2.45, 2.75) is 65.0 Å². The molecule has 0 aliphatic rings. The van der Waals surface area contributed by atoms with Gasteiger partial charge in [-0.3, -0.25) is 9.59 Å². The third-order valence-electron chi connectivity index (χ3n) is 3.83. The average molecular weight is 322 g/mol. The molecule has 0 aliphatic heterocycles. The van der Waals surface area contributed by atoms with Crippen molar-refractivity contribution in [3.63, 3.8) is 0 Å². The van der Waals surface area contributed by atoms with E-state index in [1.165, 1.54) is 4.57 Å². The highest BCUT2D eigenvalue weighted by atomic mass is 16.4. The maximum atomic E-state index is 12.5. The van der Waals surface area contributed by atoms with Crippen molar-refractivity contribution in [1.82, 2.24) is 9.88 Å². The molecule has 6 nitrogen and oxygen atoms in total. The summed E-state index contributed by atoms with van der Waals surface area (Å²) in [7, 11) is 0. The number of carbonyl (C=O) groups is 2. The molecule has 1 aromatic rings. The summed E-state index contributed by atoms with van der Waals surface area (Å²) in [5, 5.41) is 11.8. The molecule has 0 radical (unpaired) electrons. The maximum absolute atomic E-state index is 12.5. The molecule has 6 heteroatoms. The summed E-state index contributed by atoms with van der Waals surface area (Å²) in [6, 6.07) is 1.82. The van der Waals surface area contributed by atoms with Gasteiger partial charge in [0.05, 0.1) is 0 Å². The summed E-state index contributed by atoms with van der Waals surface area (Å²) < 4.78 is 1.40. The molecule has 1 aromatic heterocycles. The maximum Gasteiger partial charge on any atom is 0.326 e. The topological polar surface area (TPSA) is 88.4 Å². The third-order valence-corrected chi connectivity index (χ3v) is 3.83. The van der Waals surface area contributed by atoms with Crippen LogP contribution in [0.15, 0.2) is 23.1 Å². The van der Waals surface area contributed by atoms with Crippen LogP contribution in [0.1, 0.15) is 57.6 Å². The number of nitrogens with one attached hydrogen (secondary N) is 1. The molecular weight excluding hydrogens is 296 g/mol. The van der Waals surface area contributed by atoms with Crippen LogP contribution in [-0.2, 0) is 9.59 Å². The number of nitrogens with zero attached hydrogens (tertiary/aromatic N) is 1. The van der Waals surface area contributed by atoms with Crippen LogP contribution in [-0.4, -0.2) is 27.6 Å². The molecule has 0 saturated carbocycles. The van der Waals surface area contributed by atoms with Crippen molar-refractivity contribution in [1.29, 1.82) is 0 Å². The highest BCUT2D eigenvalue weighted by Crippen LogP contribution is 2.13. The first-order valence-electron chi connectivity index (χ1n) is 8.13. The summed E-state index contributed by atoms with van der Waals surface area (Å²) in [6.45, 7) is 5.58. The van der Waals surface area contributed by atoms with Crippen LogP contribution in [0.2, 0.25) is 0 Å². The van der Waals surface area contributed by atoms with E-state index in [0.29, 0.717) is 24.8 Å². The van der Waals surface area contributed by atoms with E-state index in [4.69, 9.17) is 0 Å². The molecule has 0 saturated heterocycles. The molecule has 0 aromatic carbocycles. The number of carboxylic acid groups (broad SMARTS) is 1. The second kappa shape index (κ2) is 9.12. The van der Waals surface area contributed by atoms with Gasteiger partial charge >= 0.3 is 5.97 Å². The van der Waals surface area contributed by atoms with E-state index < -0.39 is 24.0 Å². The molecule has 0 bridgehead atoms. The van der Waals surface area contributed by atoms with Crippen LogP contribution < -0.4 is 10.9 Å². The molecule has 1 rings (SSSR count). The fourth-order valence-electron chi connectivity index (χ4n) is 2.47. The van der Waals surface area contributed by atoms with E-state index in [0.717, 1.165) is 12.8 Å². The van der Waals surface area contributed by atoms with E-state index in [9.17, 15) is 19.5 Å². The van der Waals surface area contributed by atoms with E-state index >= 15 is 0 Å². The Hall–Kier alpha value is -2.11. The average Bonchev–Trinajstić information content (AvgIpc) is 2.51. The van der Waals surface area contributed by atoms with Gasteiger partial charge in [-0.2, -0.15) is 0 Å². The Morgan fingerprint density at radius 1 is 1.26 bits per heavy atom. The minimum Gasteiger partial charge on any atom is -0.480 e. The number of carboxylic acids is 1. The first kappa shape index (κ1) is 18.9. The number of carbonyl (C=O) groups excluding carboxylic acids is 1. The zero-order valence-electron chi connectivity index (χ0n) is 14.0. The fraction of sp³-hybridized carbons (Fsp3) is 0.588. The molecular formula is C17H26N2O4. The highest BCUT2D eigenvalue weighted by Gasteiger charge is 2.26. The molecule has 128 valence electrons. The van der Waals surface area contributed by atoms with Crippen LogP contribution in [0.3, 0.4) is 0 Å². The molecule has 2 unspecified atom stereocenters. The number of hydrogen-bond donors (Lipinski definition) is 2. The van der Waals surface area contributed by atoms with Gasteiger partial charge in [-0.05, 0) is 25.8 Å². The number of aliphatic carboxylic acids is 1. The Morgan fingerprint density at radius 3 is 2.52 bits per heavy atom. The van der Waals surface area contributed by atoms with E-state index in [-0.39, 0.29) is 5.56 Å². The lowest BCUT2D eigenvalue weighted by molar-refractivity contribution is -0.142. The standard InChI is InChI=1S/C17H26N2O4/c1-4-6-10-13(17(22)23)18-15(20)14(8-5-2)19-11-7-9-12(3)16(19)21/h7,9,11,13-14H,4-6,8,10H2,1-3H3,(H,18,20)(H,22,23). The summed E-state index contributed by atoms with van der Waals surface area (Å²) in [4.78, 5) is 36.1. The van der Waals surface area contributed by atoms with E-state index in [1.54, 1.807) is 25.3 Å². The number of pyridine rings is 1. The molecule has 0 aliphatic carbocycles. The van der Waals surface area contributed by atoms with Crippen LogP contribution in [0.25, 0.3) is 0 Å². The minimum absolute atomic E-state index is 0.221. The Morgan fingerprint density at radius 2 is 1.96 bits per heavy atom. The zero-order chi connectivity index (χ0) is 17.4. The number of hydrogen-bond acceptors (Lipinski definition) is 3. The molecule has 0 spiro atoms.